The fraction of sp³-hybridized carbons (Fsp3) is 0.278. The molecular weight excluding hydrogens is 464 g/mol. The second-order valence-electron chi connectivity index (χ2n) is 5.88. The van der Waals surface area contributed by atoms with Crippen molar-refractivity contribution in [2.24, 2.45) is 5.10 Å². The summed E-state index contributed by atoms with van der Waals surface area (Å²) in [6, 6.07) is 7.98. The minimum atomic E-state index is -4.69. The Bertz CT molecular complexity index is 1040. The lowest BCUT2D eigenvalue weighted by molar-refractivity contribution is -0.147. The predicted octanol–water partition coefficient (Wildman–Crippen LogP) is 6.16. The molecule has 2 heterocycles. The summed E-state index contributed by atoms with van der Waals surface area (Å²) in [5.74, 6) is 0.474. The van der Waals surface area contributed by atoms with Crippen molar-refractivity contribution >= 4 is 41.2 Å². The maximum absolute atomic E-state index is 13.2. The highest BCUT2D eigenvalue weighted by Gasteiger charge is 2.39. The number of hydrogen-bond donors (Lipinski definition) is 0. The molecule has 0 bridgehead atoms. The molecule has 160 valence electrons. The molecule has 30 heavy (non-hydrogen) atoms. The summed E-state index contributed by atoms with van der Waals surface area (Å²) in [4.78, 5) is 0. The van der Waals surface area contributed by atoms with E-state index in [4.69, 9.17) is 32.4 Å². The van der Waals surface area contributed by atoms with E-state index in [-0.39, 0.29) is 17.5 Å². The largest absolute Gasteiger partial charge is 0.484 e. The first-order chi connectivity index (χ1) is 14.3. The van der Waals surface area contributed by atoms with Crippen LogP contribution in [0.15, 0.2) is 45.0 Å². The van der Waals surface area contributed by atoms with Crippen LogP contribution in [0.25, 0.3) is 0 Å². The maximum Gasteiger partial charge on any atom is 0.453 e. The van der Waals surface area contributed by atoms with Gasteiger partial charge in [-0.3, -0.25) is 0 Å². The van der Waals surface area contributed by atoms with E-state index in [1.165, 1.54) is 0 Å². The zero-order valence-electron chi connectivity index (χ0n) is 15.5. The fourth-order valence-corrected chi connectivity index (χ4v) is 3.43. The van der Waals surface area contributed by atoms with E-state index >= 15 is 0 Å². The number of hydrogen-bond acceptors (Lipinski definition) is 6. The molecule has 6 nitrogen and oxygen atoms in total. The molecule has 12 heteroatoms. The van der Waals surface area contributed by atoms with Crippen molar-refractivity contribution in [2.45, 2.75) is 31.3 Å². The number of benzene rings is 1. The van der Waals surface area contributed by atoms with Gasteiger partial charge in [0.2, 0.25) is 5.16 Å². The quantitative estimate of drug-likeness (QED) is 0.286. The second kappa shape index (κ2) is 9.76. The average molecular weight is 479 g/mol. The van der Waals surface area contributed by atoms with Gasteiger partial charge in [0.05, 0.1) is 11.2 Å². The monoisotopic (exact) mass is 478 g/mol. The van der Waals surface area contributed by atoms with Crippen molar-refractivity contribution < 1.29 is 22.3 Å². The minimum absolute atomic E-state index is 0.0490. The summed E-state index contributed by atoms with van der Waals surface area (Å²) in [6.45, 7) is 1.97. The Hall–Kier alpha value is -2.17. The van der Waals surface area contributed by atoms with Crippen molar-refractivity contribution in [3.63, 3.8) is 0 Å². The second-order valence-corrected chi connectivity index (χ2v) is 7.78. The maximum atomic E-state index is 13.2. The van der Waals surface area contributed by atoms with Crippen LogP contribution in [-0.4, -0.2) is 26.8 Å². The molecule has 1 aromatic carbocycles. The van der Waals surface area contributed by atoms with E-state index in [2.05, 4.69) is 15.3 Å². The first-order valence-electron chi connectivity index (χ1n) is 8.64. The molecule has 0 spiro atoms. The van der Waals surface area contributed by atoms with Crippen molar-refractivity contribution in [1.82, 2.24) is 14.9 Å². The lowest BCUT2D eigenvalue weighted by Gasteiger charge is -2.06. The van der Waals surface area contributed by atoms with E-state index in [0.717, 1.165) is 24.4 Å². The van der Waals surface area contributed by atoms with Gasteiger partial charge in [0.15, 0.2) is 0 Å². The van der Waals surface area contributed by atoms with Gasteiger partial charge in [-0.2, -0.15) is 22.9 Å². The highest BCUT2D eigenvalue weighted by atomic mass is 35.5. The first kappa shape index (κ1) is 22.5. The Labute approximate surface area is 184 Å². The number of rotatable bonds is 8. The summed E-state index contributed by atoms with van der Waals surface area (Å²) in [7, 11) is 0. The molecule has 3 aromatic rings. The number of halogens is 5. The molecule has 0 fully saturated rings. The predicted molar refractivity (Wildman–Crippen MR) is 109 cm³/mol. The van der Waals surface area contributed by atoms with Gasteiger partial charge >= 0.3 is 6.18 Å². The van der Waals surface area contributed by atoms with Crippen LogP contribution in [0.2, 0.25) is 10.0 Å². The SMILES string of the molecule is CCCSc1nnc(C(F)(F)F)n1N=Cc1ccc(COc2ccc(Cl)cc2Cl)o1. The first-order valence-corrected chi connectivity index (χ1v) is 10.4. The van der Waals surface area contributed by atoms with Crippen LogP contribution in [0.5, 0.6) is 5.75 Å². The molecule has 0 amide bonds. The molecule has 0 N–H and O–H groups in total. The summed E-state index contributed by atoms with van der Waals surface area (Å²) in [6.07, 6.45) is -2.76. The van der Waals surface area contributed by atoms with Crippen molar-refractivity contribution in [3.05, 3.63) is 57.7 Å². The number of ether oxygens (including phenoxy) is 1. The van der Waals surface area contributed by atoms with Crippen LogP contribution in [0.3, 0.4) is 0 Å². The van der Waals surface area contributed by atoms with E-state index < -0.39 is 12.0 Å². The normalized spacial score (nSPS) is 12.1. The van der Waals surface area contributed by atoms with Crippen LogP contribution in [0.4, 0.5) is 13.2 Å². The van der Waals surface area contributed by atoms with E-state index in [1.807, 2.05) is 6.92 Å². The Morgan fingerprint density at radius 1 is 1.23 bits per heavy atom. The highest BCUT2D eigenvalue weighted by molar-refractivity contribution is 7.99. The Balaban J connectivity index is 1.73. The third kappa shape index (κ3) is 5.71. The van der Waals surface area contributed by atoms with Gasteiger partial charge in [-0.15, -0.1) is 10.2 Å². The standard InChI is InChI=1S/C18H15Cl2F3N4O2S/c1-2-7-30-17-26-25-16(18(21,22)23)27(17)24-9-12-4-5-13(29-12)10-28-15-6-3-11(19)8-14(15)20/h3-6,8-9H,2,7,10H2,1H3. The summed E-state index contributed by atoms with van der Waals surface area (Å²) < 4.78 is 51.3. The third-order valence-corrected chi connectivity index (χ3v) is 5.20. The molecule has 0 unspecified atom stereocenters. The molecule has 0 aliphatic rings. The molecule has 0 saturated carbocycles. The van der Waals surface area contributed by atoms with Gasteiger partial charge in [-0.1, -0.05) is 41.9 Å². The van der Waals surface area contributed by atoms with Crippen molar-refractivity contribution in [2.75, 3.05) is 5.75 Å². The zero-order valence-corrected chi connectivity index (χ0v) is 17.8. The van der Waals surface area contributed by atoms with Crippen molar-refractivity contribution in [3.8, 4) is 5.75 Å². The molecular formula is C18H15Cl2F3N4O2S. The number of aromatic nitrogens is 3. The highest BCUT2D eigenvalue weighted by Crippen LogP contribution is 2.31. The van der Waals surface area contributed by atoms with Gasteiger partial charge in [0.25, 0.3) is 5.82 Å². The molecule has 0 saturated heterocycles. The molecule has 2 aromatic heterocycles. The van der Waals surface area contributed by atoms with Crippen LogP contribution in [-0.2, 0) is 12.8 Å². The number of alkyl halides is 3. The van der Waals surface area contributed by atoms with Gasteiger partial charge < -0.3 is 9.15 Å². The number of nitrogens with zero attached hydrogens (tertiary/aromatic N) is 4. The Kier molecular flexibility index (Phi) is 7.32. The zero-order chi connectivity index (χ0) is 21.7. The van der Waals surface area contributed by atoms with E-state index in [0.29, 0.717) is 32.0 Å². The Morgan fingerprint density at radius 3 is 2.73 bits per heavy atom. The van der Waals surface area contributed by atoms with Gasteiger partial charge in [-0.05, 0) is 36.8 Å². The van der Waals surface area contributed by atoms with E-state index in [1.54, 1.807) is 30.3 Å². The molecule has 0 radical (unpaired) electrons. The minimum Gasteiger partial charge on any atom is -0.484 e. The van der Waals surface area contributed by atoms with Crippen LogP contribution in [0.1, 0.15) is 30.7 Å². The van der Waals surface area contributed by atoms with Gasteiger partial charge in [0.1, 0.15) is 23.9 Å². The lowest BCUT2D eigenvalue weighted by Crippen LogP contribution is -2.13. The molecule has 0 aliphatic heterocycles. The van der Waals surface area contributed by atoms with Gasteiger partial charge in [-0.25, -0.2) is 0 Å². The lowest BCUT2D eigenvalue weighted by atomic mass is 10.3. The fourth-order valence-electron chi connectivity index (χ4n) is 2.23. The van der Waals surface area contributed by atoms with E-state index in [9.17, 15) is 13.2 Å². The number of furan rings is 1. The summed E-state index contributed by atoms with van der Waals surface area (Å²) >= 11 is 13.0. The molecule has 0 atom stereocenters. The van der Waals surface area contributed by atoms with Crippen LogP contribution >= 0.6 is 35.0 Å². The third-order valence-electron chi connectivity index (χ3n) is 3.55. The Morgan fingerprint density at radius 2 is 2.03 bits per heavy atom. The average Bonchev–Trinajstić information content (AvgIpc) is 3.30. The van der Waals surface area contributed by atoms with Crippen LogP contribution < -0.4 is 4.74 Å². The molecule has 3 rings (SSSR count). The van der Waals surface area contributed by atoms with Gasteiger partial charge in [0, 0.05) is 10.8 Å². The summed E-state index contributed by atoms with van der Waals surface area (Å²) in [5, 5.41) is 11.5. The van der Waals surface area contributed by atoms with Crippen LogP contribution in [0, 0.1) is 0 Å². The molecule has 0 aliphatic carbocycles. The smallest absolute Gasteiger partial charge is 0.453 e. The topological polar surface area (TPSA) is 65.4 Å². The van der Waals surface area contributed by atoms with Crippen molar-refractivity contribution in [1.29, 1.82) is 0 Å². The summed E-state index contributed by atoms with van der Waals surface area (Å²) in [5.41, 5.74) is 0. The number of thioether (sulfide) groups is 1.